The minimum atomic E-state index is -0.418. The van der Waals surface area contributed by atoms with E-state index in [1.54, 1.807) is 24.5 Å². The van der Waals surface area contributed by atoms with Crippen LogP contribution in [0.15, 0.2) is 46.0 Å². The maximum Gasteiger partial charge on any atom is 0.326 e. The Labute approximate surface area is 118 Å². The van der Waals surface area contributed by atoms with E-state index >= 15 is 0 Å². The van der Waals surface area contributed by atoms with E-state index < -0.39 is 6.03 Å². The number of para-hydroxylation sites is 1. The molecule has 0 aliphatic carbocycles. The molecule has 0 atom stereocenters. The lowest BCUT2D eigenvalue weighted by molar-refractivity contribution is 0.262. The number of thiol groups is 1. The molecule has 2 amide bonds. The first kappa shape index (κ1) is 12.8. The van der Waals surface area contributed by atoms with Crippen molar-refractivity contribution in [2.24, 2.45) is 0 Å². The molecular weight excluding hydrogens is 316 g/mol. The third-order valence-electron chi connectivity index (χ3n) is 2.00. The lowest BCUT2D eigenvalue weighted by Crippen LogP contribution is -2.21. The number of anilines is 2. The molecule has 0 saturated carbocycles. The Balaban J connectivity index is 2.01. The van der Waals surface area contributed by atoms with E-state index in [0.717, 1.165) is 4.47 Å². The van der Waals surface area contributed by atoms with Crippen molar-refractivity contribution in [1.29, 1.82) is 0 Å². The molecular formula is C11H9BrN4OS. The van der Waals surface area contributed by atoms with Crippen molar-refractivity contribution >= 4 is 46.2 Å². The van der Waals surface area contributed by atoms with Crippen molar-refractivity contribution in [2.75, 3.05) is 10.6 Å². The third-order valence-corrected chi connectivity index (χ3v) is 2.80. The molecule has 0 aliphatic heterocycles. The molecule has 2 aromatic rings. The smallest absolute Gasteiger partial charge is 0.307 e. The normalized spacial score (nSPS) is 9.89. The predicted octanol–water partition coefficient (Wildman–Crippen LogP) is 3.17. The number of aromatic nitrogens is 2. The van der Waals surface area contributed by atoms with E-state index in [0.29, 0.717) is 10.6 Å². The monoisotopic (exact) mass is 324 g/mol. The highest BCUT2D eigenvalue weighted by Gasteiger charge is 2.06. The number of benzene rings is 1. The van der Waals surface area contributed by atoms with Crippen LogP contribution in [0.2, 0.25) is 0 Å². The Bertz CT molecular complexity index is 561. The van der Waals surface area contributed by atoms with Crippen LogP contribution in [0.4, 0.5) is 16.4 Å². The molecule has 5 nitrogen and oxygen atoms in total. The maximum atomic E-state index is 11.7. The predicted molar refractivity (Wildman–Crippen MR) is 76.1 cm³/mol. The van der Waals surface area contributed by atoms with Gasteiger partial charge < -0.3 is 5.32 Å². The van der Waals surface area contributed by atoms with E-state index in [-0.39, 0.29) is 5.95 Å². The molecule has 0 bridgehead atoms. The van der Waals surface area contributed by atoms with Crippen LogP contribution in [-0.2, 0) is 0 Å². The standard InChI is InChI=1S/C11H9BrN4OS/c12-7-5-13-10(14-6-7)16-11(17)15-8-3-1-2-4-9(8)18/h1-6,18H,(H2,13,14,15,16,17). The van der Waals surface area contributed by atoms with Crippen LogP contribution in [0.1, 0.15) is 0 Å². The first-order valence-corrected chi connectivity index (χ1v) is 6.23. The van der Waals surface area contributed by atoms with Crippen molar-refractivity contribution in [3.63, 3.8) is 0 Å². The zero-order chi connectivity index (χ0) is 13.0. The molecule has 0 fully saturated rings. The van der Waals surface area contributed by atoms with Gasteiger partial charge in [-0.05, 0) is 28.1 Å². The van der Waals surface area contributed by atoms with Gasteiger partial charge in [0.1, 0.15) is 0 Å². The van der Waals surface area contributed by atoms with Gasteiger partial charge in [0.25, 0.3) is 0 Å². The summed E-state index contributed by atoms with van der Waals surface area (Å²) in [5, 5.41) is 5.17. The molecule has 1 heterocycles. The summed E-state index contributed by atoms with van der Waals surface area (Å²) in [5.41, 5.74) is 0.621. The molecule has 92 valence electrons. The number of hydrogen-bond donors (Lipinski definition) is 3. The largest absolute Gasteiger partial charge is 0.326 e. The van der Waals surface area contributed by atoms with Crippen molar-refractivity contribution < 1.29 is 4.79 Å². The molecule has 1 aromatic carbocycles. The Morgan fingerprint density at radius 2 is 1.83 bits per heavy atom. The molecule has 0 spiro atoms. The van der Waals surface area contributed by atoms with Gasteiger partial charge in [-0.15, -0.1) is 12.6 Å². The average molecular weight is 325 g/mol. The summed E-state index contributed by atoms with van der Waals surface area (Å²) >= 11 is 7.44. The second-order valence-corrected chi connectivity index (χ2v) is 4.72. The Morgan fingerprint density at radius 3 is 2.50 bits per heavy atom. The third kappa shape index (κ3) is 3.44. The van der Waals surface area contributed by atoms with Crippen LogP contribution >= 0.6 is 28.6 Å². The highest BCUT2D eigenvalue weighted by Crippen LogP contribution is 2.18. The number of amides is 2. The first-order valence-electron chi connectivity index (χ1n) is 4.99. The van der Waals surface area contributed by atoms with Crippen molar-refractivity contribution in [2.45, 2.75) is 4.90 Å². The fraction of sp³-hybridized carbons (Fsp3) is 0. The fourth-order valence-corrected chi connectivity index (χ4v) is 1.63. The lowest BCUT2D eigenvalue weighted by Gasteiger charge is -2.07. The molecule has 2 N–H and O–H groups in total. The van der Waals surface area contributed by atoms with E-state index in [1.807, 2.05) is 12.1 Å². The van der Waals surface area contributed by atoms with Crippen molar-refractivity contribution in [3.8, 4) is 0 Å². The van der Waals surface area contributed by atoms with Crippen LogP contribution in [-0.4, -0.2) is 16.0 Å². The molecule has 18 heavy (non-hydrogen) atoms. The van der Waals surface area contributed by atoms with Gasteiger partial charge in [-0.3, -0.25) is 5.32 Å². The average Bonchev–Trinajstić information content (AvgIpc) is 2.35. The number of carbonyl (C=O) groups is 1. The fourth-order valence-electron chi connectivity index (χ4n) is 1.21. The molecule has 0 radical (unpaired) electrons. The molecule has 0 aliphatic rings. The summed E-state index contributed by atoms with van der Waals surface area (Å²) in [5.74, 6) is 0.229. The maximum absolute atomic E-state index is 11.7. The topological polar surface area (TPSA) is 66.9 Å². The minimum absolute atomic E-state index is 0.229. The Hall–Kier alpha value is -1.60. The van der Waals surface area contributed by atoms with Crippen molar-refractivity contribution in [3.05, 3.63) is 41.1 Å². The van der Waals surface area contributed by atoms with E-state index in [2.05, 4.69) is 49.2 Å². The number of rotatable bonds is 2. The highest BCUT2D eigenvalue weighted by atomic mass is 79.9. The summed E-state index contributed by atoms with van der Waals surface area (Å²) in [4.78, 5) is 20.2. The second kappa shape index (κ2) is 5.83. The molecule has 0 saturated heterocycles. The quantitative estimate of drug-likeness (QED) is 0.743. The number of hydrogen-bond acceptors (Lipinski definition) is 4. The van der Waals surface area contributed by atoms with Crippen molar-refractivity contribution in [1.82, 2.24) is 9.97 Å². The molecule has 7 heteroatoms. The zero-order valence-electron chi connectivity index (χ0n) is 9.09. The number of nitrogens with one attached hydrogen (secondary N) is 2. The highest BCUT2D eigenvalue weighted by molar-refractivity contribution is 9.10. The van der Waals surface area contributed by atoms with E-state index in [9.17, 15) is 4.79 Å². The van der Waals surface area contributed by atoms with Crippen LogP contribution in [0.5, 0.6) is 0 Å². The van der Waals surface area contributed by atoms with Gasteiger partial charge in [-0.25, -0.2) is 14.8 Å². The summed E-state index contributed by atoms with van der Waals surface area (Å²) < 4.78 is 0.745. The van der Waals surface area contributed by atoms with Gasteiger partial charge in [0.05, 0.1) is 10.2 Å². The summed E-state index contributed by atoms with van der Waals surface area (Å²) in [6.07, 6.45) is 3.10. The first-order chi connectivity index (χ1) is 8.65. The van der Waals surface area contributed by atoms with Gasteiger partial charge >= 0.3 is 6.03 Å². The van der Waals surface area contributed by atoms with E-state index in [1.165, 1.54) is 0 Å². The van der Waals surface area contributed by atoms with Gasteiger partial charge in [-0.1, -0.05) is 12.1 Å². The van der Waals surface area contributed by atoms with Crippen LogP contribution in [0.3, 0.4) is 0 Å². The number of nitrogens with zero attached hydrogens (tertiary/aromatic N) is 2. The summed E-state index contributed by atoms with van der Waals surface area (Å²) in [6, 6.07) is 6.77. The van der Waals surface area contributed by atoms with Crippen LogP contribution < -0.4 is 10.6 Å². The lowest BCUT2D eigenvalue weighted by atomic mass is 10.3. The number of halogens is 1. The van der Waals surface area contributed by atoms with Gasteiger partial charge in [0.15, 0.2) is 0 Å². The van der Waals surface area contributed by atoms with Crippen LogP contribution in [0.25, 0.3) is 0 Å². The van der Waals surface area contributed by atoms with Gasteiger partial charge in [0.2, 0.25) is 5.95 Å². The zero-order valence-corrected chi connectivity index (χ0v) is 11.6. The SMILES string of the molecule is O=C(Nc1ncc(Br)cn1)Nc1ccccc1S. The number of carbonyl (C=O) groups excluding carboxylic acids is 1. The summed E-state index contributed by atoms with van der Waals surface area (Å²) in [7, 11) is 0. The van der Waals surface area contributed by atoms with E-state index in [4.69, 9.17) is 0 Å². The minimum Gasteiger partial charge on any atom is -0.307 e. The molecule has 1 aromatic heterocycles. The molecule has 0 unspecified atom stereocenters. The molecule has 2 rings (SSSR count). The number of urea groups is 1. The van der Waals surface area contributed by atoms with Crippen LogP contribution in [0, 0.1) is 0 Å². The Morgan fingerprint density at radius 1 is 1.17 bits per heavy atom. The Kier molecular flexibility index (Phi) is 4.16. The second-order valence-electron chi connectivity index (χ2n) is 3.32. The van der Waals surface area contributed by atoms with Gasteiger partial charge in [0, 0.05) is 17.3 Å². The van der Waals surface area contributed by atoms with Gasteiger partial charge in [-0.2, -0.15) is 0 Å². The summed E-state index contributed by atoms with van der Waals surface area (Å²) in [6.45, 7) is 0.